The molecule has 3 nitrogen and oxygen atoms in total. The van der Waals surface area contributed by atoms with E-state index in [1.165, 1.54) is 12.8 Å². The summed E-state index contributed by atoms with van der Waals surface area (Å²) in [5, 5.41) is 0.758. The summed E-state index contributed by atoms with van der Waals surface area (Å²) >= 11 is 6.35. The maximum Gasteiger partial charge on any atom is 0.0749 e. The Hall–Kier alpha value is -0.770. The van der Waals surface area contributed by atoms with Gasteiger partial charge in [0, 0.05) is 26.2 Å². The smallest absolute Gasteiger partial charge is 0.0749 e. The Morgan fingerprint density at radius 1 is 1.47 bits per heavy atom. The molecule has 1 fully saturated rings. The van der Waals surface area contributed by atoms with E-state index in [0.717, 1.165) is 35.8 Å². The average molecular weight is 283 g/mol. The van der Waals surface area contributed by atoms with Gasteiger partial charge in [0.05, 0.1) is 16.8 Å². The summed E-state index contributed by atoms with van der Waals surface area (Å²) in [6, 6.07) is 6.06. The molecule has 2 N–H and O–H groups in total. The molecule has 4 heteroatoms. The highest BCUT2D eigenvalue weighted by Crippen LogP contribution is 2.28. The third kappa shape index (κ3) is 3.85. The largest absolute Gasteiger partial charge is 0.376 e. The van der Waals surface area contributed by atoms with E-state index in [0.29, 0.717) is 6.10 Å². The molecule has 0 radical (unpaired) electrons. The van der Waals surface area contributed by atoms with Crippen LogP contribution >= 0.6 is 11.6 Å². The summed E-state index contributed by atoms with van der Waals surface area (Å²) < 4.78 is 5.77. The van der Waals surface area contributed by atoms with E-state index in [-0.39, 0.29) is 6.04 Å². The summed E-state index contributed by atoms with van der Waals surface area (Å²) in [5.74, 6) is 0. The zero-order chi connectivity index (χ0) is 13.8. The highest BCUT2D eigenvalue weighted by atomic mass is 35.5. The molecule has 0 spiro atoms. The van der Waals surface area contributed by atoms with Gasteiger partial charge < -0.3 is 15.4 Å². The molecule has 0 aromatic heterocycles. The second-order valence-corrected chi connectivity index (χ2v) is 5.78. The van der Waals surface area contributed by atoms with Crippen LogP contribution in [0, 0.1) is 0 Å². The Morgan fingerprint density at radius 2 is 2.26 bits per heavy atom. The fourth-order valence-corrected chi connectivity index (χ4v) is 2.80. The van der Waals surface area contributed by atoms with E-state index < -0.39 is 0 Å². The second-order valence-electron chi connectivity index (χ2n) is 5.37. The quantitative estimate of drug-likeness (QED) is 0.920. The van der Waals surface area contributed by atoms with Crippen LogP contribution in [0.15, 0.2) is 18.2 Å². The van der Waals surface area contributed by atoms with Gasteiger partial charge in [-0.3, -0.25) is 0 Å². The number of hydrogen-bond acceptors (Lipinski definition) is 3. The minimum Gasteiger partial charge on any atom is -0.376 e. The molecule has 1 unspecified atom stereocenters. The lowest BCUT2D eigenvalue weighted by Gasteiger charge is -2.29. The van der Waals surface area contributed by atoms with Crippen LogP contribution in [0.1, 0.15) is 37.8 Å². The lowest BCUT2D eigenvalue weighted by atomic mass is 10.1. The Labute approximate surface area is 120 Å². The molecule has 1 aliphatic heterocycles. The van der Waals surface area contributed by atoms with Crippen LogP contribution in [-0.4, -0.2) is 26.3 Å². The maximum atomic E-state index is 6.35. The number of benzene rings is 1. The molecule has 2 atom stereocenters. The van der Waals surface area contributed by atoms with Gasteiger partial charge >= 0.3 is 0 Å². The van der Waals surface area contributed by atoms with Crippen LogP contribution in [0.25, 0.3) is 0 Å². The molecule has 19 heavy (non-hydrogen) atoms. The van der Waals surface area contributed by atoms with E-state index in [9.17, 15) is 0 Å². The highest BCUT2D eigenvalue weighted by Gasteiger charge is 2.17. The van der Waals surface area contributed by atoms with Crippen LogP contribution < -0.4 is 10.6 Å². The fourth-order valence-electron chi connectivity index (χ4n) is 2.47. The molecule has 1 aromatic carbocycles. The topological polar surface area (TPSA) is 38.5 Å². The zero-order valence-electron chi connectivity index (χ0n) is 11.7. The molecule has 0 saturated carbocycles. The number of nitrogens with two attached hydrogens (primary N) is 1. The molecule has 0 aliphatic carbocycles. The first-order valence-electron chi connectivity index (χ1n) is 6.95. The number of hydrogen-bond donors (Lipinski definition) is 1. The Balaban J connectivity index is 2.03. The number of halogens is 1. The molecule has 1 saturated heterocycles. The molecular formula is C15H23ClN2O. The first kappa shape index (κ1) is 14.6. The second kappa shape index (κ2) is 6.60. The molecule has 0 bridgehead atoms. The summed E-state index contributed by atoms with van der Waals surface area (Å²) in [4.78, 5) is 2.17. The third-order valence-corrected chi connectivity index (χ3v) is 3.96. The summed E-state index contributed by atoms with van der Waals surface area (Å²) in [7, 11) is 2.06. The normalized spacial score (nSPS) is 21.2. The zero-order valence-corrected chi connectivity index (χ0v) is 12.5. The van der Waals surface area contributed by atoms with Gasteiger partial charge in [-0.25, -0.2) is 0 Å². The van der Waals surface area contributed by atoms with Crippen LogP contribution in [0.4, 0.5) is 5.69 Å². The van der Waals surface area contributed by atoms with Crippen LogP contribution in [-0.2, 0) is 4.74 Å². The van der Waals surface area contributed by atoms with Crippen molar-refractivity contribution in [3.63, 3.8) is 0 Å². The average Bonchev–Trinajstić information content (AvgIpc) is 2.39. The number of rotatable bonds is 4. The van der Waals surface area contributed by atoms with Crippen molar-refractivity contribution in [1.29, 1.82) is 0 Å². The molecule has 0 amide bonds. The summed E-state index contributed by atoms with van der Waals surface area (Å²) in [5.41, 5.74) is 7.97. The van der Waals surface area contributed by atoms with Crippen molar-refractivity contribution in [2.24, 2.45) is 5.73 Å². The standard InChI is InChI=1S/C15H23ClN2O/c1-11(17)12-6-7-15(14(16)9-12)18(2)10-13-5-3-4-8-19-13/h6-7,9,11,13H,3-5,8,10,17H2,1-2H3/t11-,13?/m0/s1. The third-order valence-electron chi connectivity index (χ3n) is 3.66. The molecule has 106 valence electrons. The summed E-state index contributed by atoms with van der Waals surface area (Å²) in [6.45, 7) is 3.73. The van der Waals surface area contributed by atoms with Gasteiger partial charge in [-0.15, -0.1) is 0 Å². The van der Waals surface area contributed by atoms with Crippen molar-refractivity contribution in [3.05, 3.63) is 28.8 Å². The van der Waals surface area contributed by atoms with Gasteiger partial charge in [-0.1, -0.05) is 17.7 Å². The van der Waals surface area contributed by atoms with Crippen molar-refractivity contribution in [1.82, 2.24) is 0 Å². The number of ether oxygens (including phenoxy) is 1. The lowest BCUT2D eigenvalue weighted by Crippen LogP contribution is -2.33. The van der Waals surface area contributed by atoms with Crippen LogP contribution in [0.5, 0.6) is 0 Å². The van der Waals surface area contributed by atoms with E-state index >= 15 is 0 Å². The molecule has 2 rings (SSSR count). The first-order chi connectivity index (χ1) is 9.08. The van der Waals surface area contributed by atoms with E-state index in [2.05, 4.69) is 11.9 Å². The summed E-state index contributed by atoms with van der Waals surface area (Å²) in [6.07, 6.45) is 3.91. The monoisotopic (exact) mass is 282 g/mol. The van der Waals surface area contributed by atoms with Crippen molar-refractivity contribution in [3.8, 4) is 0 Å². The minimum atomic E-state index is 0.0125. The van der Waals surface area contributed by atoms with Crippen LogP contribution in [0.3, 0.4) is 0 Å². The molecular weight excluding hydrogens is 260 g/mol. The highest BCUT2D eigenvalue weighted by molar-refractivity contribution is 6.33. The number of nitrogens with zero attached hydrogens (tertiary/aromatic N) is 1. The van der Waals surface area contributed by atoms with Gasteiger partial charge in [-0.2, -0.15) is 0 Å². The van der Waals surface area contributed by atoms with Gasteiger partial charge in [-0.05, 0) is 43.9 Å². The van der Waals surface area contributed by atoms with Gasteiger partial charge in [0.2, 0.25) is 0 Å². The number of anilines is 1. The van der Waals surface area contributed by atoms with E-state index in [1.807, 2.05) is 25.1 Å². The van der Waals surface area contributed by atoms with Gasteiger partial charge in [0.15, 0.2) is 0 Å². The van der Waals surface area contributed by atoms with E-state index in [4.69, 9.17) is 22.1 Å². The first-order valence-corrected chi connectivity index (χ1v) is 7.33. The van der Waals surface area contributed by atoms with Gasteiger partial charge in [0.1, 0.15) is 0 Å². The molecule has 1 aromatic rings. The van der Waals surface area contributed by atoms with Crippen molar-refractivity contribution < 1.29 is 4.74 Å². The van der Waals surface area contributed by atoms with E-state index in [1.54, 1.807) is 0 Å². The van der Waals surface area contributed by atoms with Crippen LogP contribution in [0.2, 0.25) is 5.02 Å². The SMILES string of the molecule is C[C@H](N)c1ccc(N(C)CC2CCCCO2)c(Cl)c1. The molecule has 1 aliphatic rings. The number of likely N-dealkylation sites (N-methyl/N-ethyl adjacent to an activating group) is 1. The van der Waals surface area contributed by atoms with Crippen molar-refractivity contribution in [2.75, 3.05) is 25.1 Å². The predicted octanol–water partition coefficient (Wildman–Crippen LogP) is 3.37. The lowest BCUT2D eigenvalue weighted by molar-refractivity contribution is 0.0216. The Bertz CT molecular complexity index is 417. The minimum absolute atomic E-state index is 0.0125. The molecule has 1 heterocycles. The van der Waals surface area contributed by atoms with Gasteiger partial charge in [0.25, 0.3) is 0 Å². The Kier molecular flexibility index (Phi) is 5.08. The Morgan fingerprint density at radius 3 is 2.84 bits per heavy atom. The van der Waals surface area contributed by atoms with Crippen molar-refractivity contribution in [2.45, 2.75) is 38.3 Å². The maximum absolute atomic E-state index is 6.35. The predicted molar refractivity (Wildman–Crippen MR) is 80.9 cm³/mol. The fraction of sp³-hybridized carbons (Fsp3) is 0.600. The van der Waals surface area contributed by atoms with Crippen molar-refractivity contribution >= 4 is 17.3 Å².